The van der Waals surface area contributed by atoms with Gasteiger partial charge in [-0.3, -0.25) is 4.68 Å². The highest BCUT2D eigenvalue weighted by atomic mass is 79.9. The summed E-state index contributed by atoms with van der Waals surface area (Å²) in [5.74, 6) is 1.40. The number of nitrogens with zero attached hydrogens (tertiary/aromatic N) is 2. The Bertz CT molecular complexity index is 416. The highest BCUT2D eigenvalue weighted by molar-refractivity contribution is 9.10. The minimum absolute atomic E-state index is 0.327. The minimum Gasteiger partial charge on any atom is -0.271 e. The topological polar surface area (TPSA) is 17.8 Å². The number of hydrogen-bond acceptors (Lipinski definition) is 1. The van der Waals surface area contributed by atoms with E-state index in [1.165, 1.54) is 23.0 Å². The summed E-state index contributed by atoms with van der Waals surface area (Å²) in [6.07, 6.45) is 5.69. The summed E-state index contributed by atoms with van der Waals surface area (Å²) in [6, 6.07) is 0. The molecule has 0 amide bonds. The van der Waals surface area contributed by atoms with Gasteiger partial charge in [0.25, 0.3) is 0 Å². The molecule has 1 aromatic rings. The molecule has 1 heterocycles. The van der Waals surface area contributed by atoms with Gasteiger partial charge in [-0.1, -0.05) is 13.8 Å². The van der Waals surface area contributed by atoms with Crippen molar-refractivity contribution >= 4 is 27.5 Å². The van der Waals surface area contributed by atoms with Crippen molar-refractivity contribution in [1.29, 1.82) is 0 Å². The van der Waals surface area contributed by atoms with Gasteiger partial charge in [0, 0.05) is 12.4 Å². The van der Waals surface area contributed by atoms with Gasteiger partial charge in [0.2, 0.25) is 0 Å². The lowest BCUT2D eigenvalue weighted by Gasteiger charge is -2.31. The zero-order valence-corrected chi connectivity index (χ0v) is 13.8. The van der Waals surface area contributed by atoms with Crippen molar-refractivity contribution in [3.05, 3.63) is 15.9 Å². The van der Waals surface area contributed by atoms with E-state index < -0.39 is 0 Å². The van der Waals surface area contributed by atoms with Gasteiger partial charge in [-0.25, -0.2) is 0 Å². The van der Waals surface area contributed by atoms with E-state index in [1.54, 1.807) is 0 Å². The first-order valence-corrected chi connectivity index (χ1v) is 8.10. The maximum absolute atomic E-state index is 6.50. The predicted octanol–water partition coefficient (Wildman–Crippen LogP) is 4.33. The maximum atomic E-state index is 6.50. The second-order valence-corrected chi connectivity index (χ2v) is 6.94. The zero-order chi connectivity index (χ0) is 13.3. The second-order valence-electron chi connectivity index (χ2n) is 5.58. The molecular formula is C14H22BrClN2. The smallest absolute Gasteiger partial charge is 0.0766 e. The molecule has 3 atom stereocenters. The van der Waals surface area contributed by atoms with Crippen LogP contribution in [0.25, 0.3) is 0 Å². The Balaban J connectivity index is 2.15. The van der Waals surface area contributed by atoms with Crippen LogP contribution < -0.4 is 0 Å². The molecule has 0 bridgehead atoms. The summed E-state index contributed by atoms with van der Waals surface area (Å²) in [5.41, 5.74) is 2.46. The fourth-order valence-corrected chi connectivity index (χ4v) is 4.06. The summed E-state index contributed by atoms with van der Waals surface area (Å²) < 4.78 is 3.21. The lowest BCUT2D eigenvalue weighted by atomic mass is 9.80. The van der Waals surface area contributed by atoms with Crippen molar-refractivity contribution in [3.8, 4) is 0 Å². The average molecular weight is 334 g/mol. The van der Waals surface area contributed by atoms with Gasteiger partial charge < -0.3 is 0 Å². The molecule has 0 spiro atoms. The van der Waals surface area contributed by atoms with E-state index in [0.29, 0.717) is 11.3 Å². The van der Waals surface area contributed by atoms with Gasteiger partial charge in [0.1, 0.15) is 0 Å². The van der Waals surface area contributed by atoms with Gasteiger partial charge in [0.05, 0.1) is 15.9 Å². The van der Waals surface area contributed by atoms with E-state index in [4.69, 9.17) is 11.6 Å². The normalized spacial score (nSPS) is 28.6. The highest BCUT2D eigenvalue weighted by Crippen LogP contribution is 2.36. The second kappa shape index (κ2) is 5.96. The molecule has 0 aromatic carbocycles. The molecule has 1 aromatic heterocycles. The number of rotatable bonds is 3. The standard InChI is InChI=1S/C14H22BrClN2/c1-4-12-14(15)13(18(3)17-12)8-10-7-9(2)5-6-11(10)16/h9-11H,4-8H2,1-3H3. The first-order valence-electron chi connectivity index (χ1n) is 6.87. The fourth-order valence-electron chi connectivity index (χ4n) is 2.96. The van der Waals surface area contributed by atoms with Gasteiger partial charge in [0.15, 0.2) is 0 Å². The molecule has 0 saturated heterocycles. The van der Waals surface area contributed by atoms with Gasteiger partial charge in [-0.2, -0.15) is 5.10 Å². The van der Waals surface area contributed by atoms with Crippen LogP contribution in [0.3, 0.4) is 0 Å². The van der Waals surface area contributed by atoms with Crippen LogP contribution in [0.4, 0.5) is 0 Å². The highest BCUT2D eigenvalue weighted by Gasteiger charge is 2.29. The Morgan fingerprint density at radius 1 is 1.44 bits per heavy atom. The third-order valence-electron chi connectivity index (χ3n) is 4.11. The fraction of sp³-hybridized carbons (Fsp3) is 0.786. The van der Waals surface area contributed by atoms with E-state index in [9.17, 15) is 0 Å². The van der Waals surface area contributed by atoms with Crippen molar-refractivity contribution in [2.45, 2.75) is 51.3 Å². The van der Waals surface area contributed by atoms with Crippen LogP contribution in [0.5, 0.6) is 0 Å². The average Bonchev–Trinajstić information content (AvgIpc) is 2.61. The van der Waals surface area contributed by atoms with Gasteiger partial charge in [-0.05, 0) is 59.9 Å². The van der Waals surface area contributed by atoms with Crippen LogP contribution in [-0.4, -0.2) is 15.2 Å². The summed E-state index contributed by atoms with van der Waals surface area (Å²) in [6.45, 7) is 4.48. The molecule has 18 heavy (non-hydrogen) atoms. The van der Waals surface area contributed by atoms with Gasteiger partial charge >= 0.3 is 0 Å². The SMILES string of the molecule is CCc1nn(C)c(CC2CC(C)CCC2Cl)c1Br. The molecule has 0 radical (unpaired) electrons. The van der Waals surface area contributed by atoms with Crippen LogP contribution in [0.2, 0.25) is 0 Å². The number of hydrogen-bond donors (Lipinski definition) is 0. The van der Waals surface area contributed by atoms with Crippen molar-refractivity contribution in [2.24, 2.45) is 18.9 Å². The molecule has 0 N–H and O–H groups in total. The van der Waals surface area contributed by atoms with Crippen LogP contribution >= 0.6 is 27.5 Å². The van der Waals surface area contributed by atoms with Crippen LogP contribution in [0, 0.1) is 11.8 Å². The summed E-state index contributed by atoms with van der Waals surface area (Å²) in [7, 11) is 2.04. The number of aromatic nitrogens is 2. The van der Waals surface area contributed by atoms with Crippen LogP contribution in [0.15, 0.2) is 4.47 Å². The molecule has 4 heteroatoms. The van der Waals surface area contributed by atoms with Crippen molar-refractivity contribution < 1.29 is 0 Å². The third kappa shape index (κ3) is 2.93. The lowest BCUT2D eigenvalue weighted by molar-refractivity contribution is 0.283. The molecule has 1 saturated carbocycles. The predicted molar refractivity (Wildman–Crippen MR) is 80.1 cm³/mol. The lowest BCUT2D eigenvalue weighted by Crippen LogP contribution is -2.26. The molecule has 1 aliphatic rings. The number of alkyl halides is 1. The molecule has 1 fully saturated rings. The Kier molecular flexibility index (Phi) is 4.76. The molecule has 3 unspecified atom stereocenters. The molecule has 1 aliphatic carbocycles. The zero-order valence-electron chi connectivity index (χ0n) is 11.4. The summed E-state index contributed by atoms with van der Waals surface area (Å²) in [5, 5.41) is 4.89. The van der Waals surface area contributed by atoms with E-state index >= 15 is 0 Å². The minimum atomic E-state index is 0.327. The maximum Gasteiger partial charge on any atom is 0.0766 e. The van der Waals surface area contributed by atoms with E-state index in [0.717, 1.165) is 30.9 Å². The van der Waals surface area contributed by atoms with Crippen molar-refractivity contribution in [2.75, 3.05) is 0 Å². The Hall–Kier alpha value is -0.0200. The van der Waals surface area contributed by atoms with Crippen molar-refractivity contribution in [1.82, 2.24) is 9.78 Å². The molecular weight excluding hydrogens is 312 g/mol. The Morgan fingerprint density at radius 3 is 2.78 bits per heavy atom. The van der Waals surface area contributed by atoms with Gasteiger partial charge in [-0.15, -0.1) is 11.6 Å². The van der Waals surface area contributed by atoms with Crippen molar-refractivity contribution in [3.63, 3.8) is 0 Å². The molecule has 0 aliphatic heterocycles. The third-order valence-corrected chi connectivity index (χ3v) is 5.60. The Morgan fingerprint density at radius 2 is 2.17 bits per heavy atom. The van der Waals surface area contributed by atoms with E-state index in [1.807, 2.05) is 11.7 Å². The molecule has 2 nitrogen and oxygen atoms in total. The molecule has 2 rings (SSSR count). The number of halogens is 2. The summed E-state index contributed by atoms with van der Waals surface area (Å²) >= 11 is 10.2. The molecule has 102 valence electrons. The monoisotopic (exact) mass is 332 g/mol. The van der Waals surface area contributed by atoms with Crippen LogP contribution in [-0.2, 0) is 19.9 Å². The largest absolute Gasteiger partial charge is 0.271 e. The Labute approximate surface area is 123 Å². The number of aryl methyl sites for hydroxylation is 2. The van der Waals surface area contributed by atoms with E-state index in [-0.39, 0.29) is 0 Å². The first-order chi connectivity index (χ1) is 8.52. The van der Waals surface area contributed by atoms with Crippen LogP contribution in [0.1, 0.15) is 44.5 Å². The van der Waals surface area contributed by atoms with E-state index in [2.05, 4.69) is 34.9 Å². The summed E-state index contributed by atoms with van der Waals surface area (Å²) in [4.78, 5) is 0. The quantitative estimate of drug-likeness (QED) is 0.753. The first kappa shape index (κ1) is 14.4.